The molecule has 1 radical (unpaired) electrons. The third kappa shape index (κ3) is 9.66. The van der Waals surface area contributed by atoms with Crippen molar-refractivity contribution in [1.29, 1.82) is 0 Å². The van der Waals surface area contributed by atoms with Crippen molar-refractivity contribution in [2.45, 2.75) is 19.3 Å². The van der Waals surface area contributed by atoms with E-state index in [1.807, 2.05) is 0 Å². The van der Waals surface area contributed by atoms with Gasteiger partial charge in [0.1, 0.15) is 0 Å². The Kier molecular flexibility index (Phi) is 14.7. The summed E-state index contributed by atoms with van der Waals surface area (Å²) in [5.74, 6) is 0. The molecule has 0 fully saturated rings. The molecule has 0 aliphatic carbocycles. The van der Waals surface area contributed by atoms with Crippen molar-refractivity contribution < 1.29 is 16.8 Å². The van der Waals surface area contributed by atoms with E-state index >= 15 is 0 Å². The van der Waals surface area contributed by atoms with E-state index in [0.29, 0.717) is 0 Å². The van der Waals surface area contributed by atoms with E-state index in [4.69, 9.17) is 11.5 Å². The average Bonchev–Trinajstić information content (AvgIpc) is 1.69. The molecule has 0 bridgehead atoms. The Morgan fingerprint density at radius 2 is 1.12 bits per heavy atom. The minimum Gasteiger partial charge on any atom is -0.330 e. The van der Waals surface area contributed by atoms with Crippen molar-refractivity contribution in [3.63, 3.8) is 0 Å². The minimum atomic E-state index is 0. The molecular weight excluding hydrogens is 147 g/mol. The number of unbranched alkanes of at least 4 members (excludes halogenated alkanes) is 2. The van der Waals surface area contributed by atoms with E-state index < -0.39 is 0 Å². The molecule has 0 saturated heterocycles. The van der Waals surface area contributed by atoms with Gasteiger partial charge in [0.05, 0.1) is 0 Å². The van der Waals surface area contributed by atoms with Crippen LogP contribution in [0.25, 0.3) is 0 Å². The van der Waals surface area contributed by atoms with Crippen LogP contribution in [-0.2, 0) is 16.8 Å². The molecule has 0 aromatic rings. The maximum absolute atomic E-state index is 5.23. The normalized spacial score (nSPS) is 8.25. The van der Waals surface area contributed by atoms with Crippen LogP contribution in [0.1, 0.15) is 19.3 Å². The average molecular weight is 161 g/mol. The van der Waals surface area contributed by atoms with E-state index in [2.05, 4.69) is 0 Å². The first kappa shape index (κ1) is 11.3. The fraction of sp³-hybridized carbons (Fsp3) is 1.00. The van der Waals surface area contributed by atoms with Crippen LogP contribution in [-0.4, -0.2) is 13.1 Å². The molecule has 3 heteroatoms. The summed E-state index contributed by atoms with van der Waals surface area (Å²) in [5.41, 5.74) is 10.5. The molecule has 2 nitrogen and oxygen atoms in total. The molecule has 0 amide bonds. The molecule has 0 saturated carbocycles. The fourth-order valence-electron chi connectivity index (χ4n) is 0.465. The maximum Gasteiger partial charge on any atom is 0 e. The minimum absolute atomic E-state index is 0. The van der Waals surface area contributed by atoms with Crippen LogP contribution < -0.4 is 11.5 Å². The van der Waals surface area contributed by atoms with Crippen molar-refractivity contribution in [1.82, 2.24) is 0 Å². The molecule has 0 aromatic carbocycles. The monoisotopic (exact) mass is 161 g/mol. The van der Waals surface area contributed by atoms with Crippen LogP contribution >= 0.6 is 0 Å². The Morgan fingerprint density at radius 3 is 1.38 bits per heavy atom. The first-order chi connectivity index (χ1) is 3.41. The summed E-state index contributed by atoms with van der Waals surface area (Å²) in [6.45, 7) is 1.61. The smallest absolute Gasteiger partial charge is 0 e. The molecule has 0 spiro atoms. The molecule has 0 aliphatic rings. The van der Waals surface area contributed by atoms with Crippen LogP contribution in [0, 0.1) is 0 Å². The Labute approximate surface area is 61.2 Å². The van der Waals surface area contributed by atoms with Crippen molar-refractivity contribution >= 4 is 0 Å². The predicted molar refractivity (Wildman–Crippen MR) is 32.0 cm³/mol. The van der Waals surface area contributed by atoms with E-state index in [0.717, 1.165) is 25.9 Å². The van der Waals surface area contributed by atoms with Gasteiger partial charge in [0, 0.05) is 16.8 Å². The summed E-state index contributed by atoms with van der Waals surface area (Å²) in [6, 6.07) is 0. The summed E-state index contributed by atoms with van der Waals surface area (Å²) in [5, 5.41) is 0. The Morgan fingerprint density at radius 1 is 0.750 bits per heavy atom. The molecule has 0 aliphatic heterocycles. The van der Waals surface area contributed by atoms with Crippen LogP contribution in [0.3, 0.4) is 0 Å². The van der Waals surface area contributed by atoms with Gasteiger partial charge in [0.15, 0.2) is 0 Å². The Bertz CT molecular complexity index is 29.6. The van der Waals surface area contributed by atoms with Crippen molar-refractivity contribution in [2.24, 2.45) is 11.5 Å². The van der Waals surface area contributed by atoms with Gasteiger partial charge in [-0.2, -0.15) is 0 Å². The first-order valence-electron chi connectivity index (χ1n) is 2.82. The van der Waals surface area contributed by atoms with Gasteiger partial charge in [-0.3, -0.25) is 0 Å². The quantitative estimate of drug-likeness (QED) is 0.573. The number of hydrogen-bond acceptors (Lipinski definition) is 2. The maximum atomic E-state index is 5.23. The van der Waals surface area contributed by atoms with Gasteiger partial charge in [-0.05, 0) is 25.9 Å². The SMILES string of the molecule is NCCCCCN.[Co]. The zero-order chi connectivity index (χ0) is 5.54. The van der Waals surface area contributed by atoms with Gasteiger partial charge >= 0.3 is 0 Å². The zero-order valence-corrected chi connectivity index (χ0v) is 6.06. The number of hydrogen-bond donors (Lipinski definition) is 2. The third-order valence-electron chi connectivity index (χ3n) is 0.908. The van der Waals surface area contributed by atoms with E-state index in [9.17, 15) is 0 Å². The van der Waals surface area contributed by atoms with Crippen LogP contribution in [0.15, 0.2) is 0 Å². The molecule has 53 valence electrons. The fourth-order valence-corrected chi connectivity index (χ4v) is 0.465. The van der Waals surface area contributed by atoms with Crippen LogP contribution in [0.5, 0.6) is 0 Å². The Hall–Kier alpha value is 0.426. The topological polar surface area (TPSA) is 52.0 Å². The molecule has 4 N–H and O–H groups in total. The molecule has 0 aromatic heterocycles. The van der Waals surface area contributed by atoms with Gasteiger partial charge in [0.2, 0.25) is 0 Å². The summed E-state index contributed by atoms with van der Waals surface area (Å²) < 4.78 is 0. The standard InChI is InChI=1S/C5H14N2.Co/c6-4-2-1-3-5-7;/h1-7H2;. The second kappa shape index (κ2) is 10.4. The van der Waals surface area contributed by atoms with Crippen LogP contribution in [0.4, 0.5) is 0 Å². The summed E-state index contributed by atoms with van der Waals surface area (Å²) in [6.07, 6.45) is 3.43. The molecule has 8 heavy (non-hydrogen) atoms. The van der Waals surface area contributed by atoms with Gasteiger partial charge in [-0.25, -0.2) is 0 Å². The van der Waals surface area contributed by atoms with Crippen molar-refractivity contribution in [3.05, 3.63) is 0 Å². The van der Waals surface area contributed by atoms with E-state index in [-0.39, 0.29) is 16.8 Å². The first-order valence-corrected chi connectivity index (χ1v) is 2.82. The van der Waals surface area contributed by atoms with Crippen LogP contribution in [0.2, 0.25) is 0 Å². The van der Waals surface area contributed by atoms with E-state index in [1.54, 1.807) is 0 Å². The molecule has 0 unspecified atom stereocenters. The number of rotatable bonds is 4. The predicted octanol–water partition coefficient (Wildman–Crippen LogP) is 0.0716. The van der Waals surface area contributed by atoms with Gasteiger partial charge < -0.3 is 11.5 Å². The van der Waals surface area contributed by atoms with Crippen molar-refractivity contribution in [3.8, 4) is 0 Å². The zero-order valence-electron chi connectivity index (χ0n) is 5.02. The largest absolute Gasteiger partial charge is 0.330 e. The van der Waals surface area contributed by atoms with Gasteiger partial charge in [0.25, 0.3) is 0 Å². The summed E-state index contributed by atoms with van der Waals surface area (Å²) >= 11 is 0. The Balaban J connectivity index is 0. The molecular formula is C5H14CoN2. The van der Waals surface area contributed by atoms with E-state index in [1.165, 1.54) is 6.42 Å². The van der Waals surface area contributed by atoms with Crippen molar-refractivity contribution in [2.75, 3.05) is 13.1 Å². The van der Waals surface area contributed by atoms with Gasteiger partial charge in [-0.1, -0.05) is 6.42 Å². The molecule has 0 heterocycles. The van der Waals surface area contributed by atoms with Gasteiger partial charge in [-0.15, -0.1) is 0 Å². The molecule has 0 atom stereocenters. The molecule has 0 rings (SSSR count). The third-order valence-corrected chi connectivity index (χ3v) is 0.908. The summed E-state index contributed by atoms with van der Waals surface area (Å²) in [4.78, 5) is 0. The second-order valence-corrected chi connectivity index (χ2v) is 1.64. The number of nitrogens with two attached hydrogens (primary N) is 2. The summed E-state index contributed by atoms with van der Waals surface area (Å²) in [7, 11) is 0. The second-order valence-electron chi connectivity index (χ2n) is 1.64.